The van der Waals surface area contributed by atoms with Crippen LogP contribution in [0.4, 0.5) is 5.69 Å². The van der Waals surface area contributed by atoms with Crippen molar-refractivity contribution in [2.75, 3.05) is 16.6 Å². The Balaban J connectivity index is 1.76. The number of carbonyl (C=O) groups is 2. The van der Waals surface area contributed by atoms with E-state index in [1.807, 2.05) is 30.3 Å². The van der Waals surface area contributed by atoms with E-state index in [1.165, 1.54) is 10.4 Å². The van der Waals surface area contributed by atoms with Crippen molar-refractivity contribution in [3.05, 3.63) is 65.7 Å². The van der Waals surface area contributed by atoms with Crippen molar-refractivity contribution < 1.29 is 18.0 Å². The zero-order chi connectivity index (χ0) is 19.4. The first-order valence-corrected chi connectivity index (χ1v) is 10.2. The van der Waals surface area contributed by atoms with Crippen LogP contribution < -0.4 is 15.4 Å². The highest BCUT2D eigenvalue weighted by Crippen LogP contribution is 2.24. The number of benzene rings is 2. The van der Waals surface area contributed by atoms with Crippen molar-refractivity contribution in [1.82, 2.24) is 5.32 Å². The highest BCUT2D eigenvalue weighted by atomic mass is 32.2. The summed E-state index contributed by atoms with van der Waals surface area (Å²) in [6, 6.07) is 14.7. The van der Waals surface area contributed by atoms with E-state index >= 15 is 0 Å². The summed E-state index contributed by atoms with van der Waals surface area (Å²) >= 11 is 0. The van der Waals surface area contributed by atoms with E-state index in [0.29, 0.717) is 18.7 Å². The van der Waals surface area contributed by atoms with Gasteiger partial charge in [-0.15, -0.1) is 0 Å². The molecule has 0 aromatic heterocycles. The minimum atomic E-state index is -3.33. The van der Waals surface area contributed by atoms with Crippen LogP contribution in [0.5, 0.6) is 0 Å². The van der Waals surface area contributed by atoms with E-state index in [2.05, 4.69) is 5.32 Å². The number of carbonyl (C=O) groups excluding carboxylic acids is 2. The van der Waals surface area contributed by atoms with E-state index in [1.54, 1.807) is 18.2 Å². The summed E-state index contributed by atoms with van der Waals surface area (Å²) in [6.45, 7) is 0.394. The first kappa shape index (κ1) is 18.9. The van der Waals surface area contributed by atoms with Gasteiger partial charge in [0.05, 0.1) is 11.4 Å². The summed E-state index contributed by atoms with van der Waals surface area (Å²) in [6.07, 6.45) is 0.835. The molecular formula is C19H21N3O4S. The van der Waals surface area contributed by atoms with Crippen LogP contribution in [0.15, 0.2) is 54.6 Å². The number of rotatable bonds is 6. The lowest BCUT2D eigenvalue weighted by Gasteiger charge is -2.19. The van der Waals surface area contributed by atoms with Crippen molar-refractivity contribution in [2.24, 2.45) is 5.73 Å². The summed E-state index contributed by atoms with van der Waals surface area (Å²) in [5, 5.41) is 2.64. The molecule has 8 heteroatoms. The van der Waals surface area contributed by atoms with Gasteiger partial charge in [0, 0.05) is 18.5 Å². The maximum Gasteiger partial charge on any atom is 0.252 e. The molecule has 1 aliphatic heterocycles. The number of primary amides is 1. The van der Waals surface area contributed by atoms with Gasteiger partial charge in [-0.05, 0) is 30.2 Å². The normalized spacial score (nSPS) is 16.7. The fourth-order valence-corrected chi connectivity index (χ4v) is 4.60. The van der Waals surface area contributed by atoms with Gasteiger partial charge in [-0.3, -0.25) is 13.9 Å². The van der Waals surface area contributed by atoms with E-state index in [9.17, 15) is 18.0 Å². The van der Waals surface area contributed by atoms with Crippen LogP contribution in [0.25, 0.3) is 0 Å². The van der Waals surface area contributed by atoms with Gasteiger partial charge in [0.2, 0.25) is 15.9 Å². The Morgan fingerprint density at radius 3 is 2.48 bits per heavy atom. The topological polar surface area (TPSA) is 110 Å². The molecule has 1 fully saturated rings. The lowest BCUT2D eigenvalue weighted by molar-refractivity contribution is -0.119. The molecule has 1 saturated heterocycles. The third-order valence-electron chi connectivity index (χ3n) is 4.43. The fourth-order valence-electron chi connectivity index (χ4n) is 3.05. The third-order valence-corrected chi connectivity index (χ3v) is 6.30. The van der Waals surface area contributed by atoms with E-state index < -0.39 is 27.9 Å². The largest absolute Gasteiger partial charge is 0.368 e. The predicted molar refractivity (Wildman–Crippen MR) is 103 cm³/mol. The molecule has 142 valence electrons. The summed E-state index contributed by atoms with van der Waals surface area (Å²) in [5.74, 6) is -1.01. The van der Waals surface area contributed by atoms with E-state index in [4.69, 9.17) is 5.73 Å². The zero-order valence-electron chi connectivity index (χ0n) is 14.7. The highest BCUT2D eigenvalue weighted by molar-refractivity contribution is 7.93. The van der Waals surface area contributed by atoms with Gasteiger partial charge in [-0.1, -0.05) is 36.4 Å². The van der Waals surface area contributed by atoms with Crippen LogP contribution in [0, 0.1) is 0 Å². The molecule has 2 aromatic rings. The first-order chi connectivity index (χ1) is 12.9. The van der Waals surface area contributed by atoms with Crippen molar-refractivity contribution in [1.29, 1.82) is 0 Å². The molecular weight excluding hydrogens is 366 g/mol. The minimum Gasteiger partial charge on any atom is -0.368 e. The number of anilines is 1. The standard InChI is InChI=1S/C19H21N3O4S/c20-18(23)17(12-14-6-2-1-3-7-14)21-19(24)15-8-4-9-16(13-15)22-10-5-11-27(22,25)26/h1-4,6-9,13,17H,5,10-12H2,(H2,20,23)(H,21,24). The van der Waals surface area contributed by atoms with E-state index in [0.717, 1.165) is 5.56 Å². The van der Waals surface area contributed by atoms with E-state index in [-0.39, 0.29) is 17.7 Å². The molecule has 0 aliphatic carbocycles. The van der Waals surface area contributed by atoms with Gasteiger partial charge in [0.15, 0.2) is 0 Å². The Morgan fingerprint density at radius 2 is 1.85 bits per heavy atom. The number of hydrogen-bond donors (Lipinski definition) is 2. The van der Waals surface area contributed by atoms with Crippen LogP contribution in [-0.4, -0.2) is 38.6 Å². The minimum absolute atomic E-state index is 0.101. The molecule has 0 radical (unpaired) electrons. The molecule has 1 aliphatic rings. The average molecular weight is 387 g/mol. The van der Waals surface area contributed by atoms with Crippen LogP contribution in [0.1, 0.15) is 22.3 Å². The molecule has 7 nitrogen and oxygen atoms in total. The number of nitrogens with one attached hydrogen (secondary N) is 1. The Hall–Kier alpha value is -2.87. The Kier molecular flexibility index (Phi) is 5.46. The number of nitrogens with zero attached hydrogens (tertiary/aromatic N) is 1. The molecule has 1 atom stereocenters. The molecule has 3 rings (SSSR count). The number of nitrogens with two attached hydrogens (primary N) is 1. The number of amides is 2. The summed E-state index contributed by atoms with van der Waals surface area (Å²) < 4.78 is 25.5. The smallest absolute Gasteiger partial charge is 0.252 e. The Bertz CT molecular complexity index is 944. The van der Waals surface area contributed by atoms with Crippen LogP contribution in [0.3, 0.4) is 0 Å². The predicted octanol–water partition coefficient (Wildman–Crippen LogP) is 1.05. The Morgan fingerprint density at radius 1 is 1.11 bits per heavy atom. The van der Waals surface area contributed by atoms with Crippen molar-refractivity contribution in [2.45, 2.75) is 18.9 Å². The first-order valence-electron chi connectivity index (χ1n) is 8.61. The second-order valence-electron chi connectivity index (χ2n) is 6.41. The summed E-state index contributed by atoms with van der Waals surface area (Å²) in [4.78, 5) is 24.3. The lowest BCUT2D eigenvalue weighted by Crippen LogP contribution is -2.45. The average Bonchev–Trinajstić information content (AvgIpc) is 3.01. The molecule has 1 unspecified atom stereocenters. The molecule has 0 bridgehead atoms. The SMILES string of the molecule is NC(=O)C(Cc1ccccc1)NC(=O)c1cccc(N2CCCS2(=O)=O)c1. The van der Waals surface area contributed by atoms with Gasteiger partial charge in [0.25, 0.3) is 5.91 Å². The maximum atomic E-state index is 12.6. The lowest BCUT2D eigenvalue weighted by atomic mass is 10.0. The van der Waals surface area contributed by atoms with Crippen LogP contribution in [0.2, 0.25) is 0 Å². The maximum absolute atomic E-state index is 12.6. The number of sulfonamides is 1. The molecule has 1 heterocycles. The monoisotopic (exact) mass is 387 g/mol. The Labute approximate surface area is 158 Å². The van der Waals surface area contributed by atoms with Crippen LogP contribution >= 0.6 is 0 Å². The van der Waals surface area contributed by atoms with Crippen molar-refractivity contribution in [3.63, 3.8) is 0 Å². The quantitative estimate of drug-likeness (QED) is 0.772. The molecule has 3 N–H and O–H groups in total. The van der Waals surface area contributed by atoms with Crippen LogP contribution in [-0.2, 0) is 21.2 Å². The number of hydrogen-bond acceptors (Lipinski definition) is 4. The van der Waals surface area contributed by atoms with Crippen molar-refractivity contribution in [3.8, 4) is 0 Å². The van der Waals surface area contributed by atoms with Crippen molar-refractivity contribution >= 4 is 27.5 Å². The second-order valence-corrected chi connectivity index (χ2v) is 8.42. The summed E-state index contributed by atoms with van der Waals surface area (Å²) in [7, 11) is -3.33. The second kappa shape index (κ2) is 7.79. The molecule has 2 aromatic carbocycles. The van der Waals surface area contributed by atoms with Gasteiger partial charge in [0.1, 0.15) is 6.04 Å². The van der Waals surface area contributed by atoms with Gasteiger partial charge < -0.3 is 11.1 Å². The van der Waals surface area contributed by atoms with Gasteiger partial charge in [-0.2, -0.15) is 0 Å². The molecule has 27 heavy (non-hydrogen) atoms. The highest BCUT2D eigenvalue weighted by Gasteiger charge is 2.29. The third kappa shape index (κ3) is 4.46. The molecule has 0 saturated carbocycles. The molecule has 0 spiro atoms. The van der Waals surface area contributed by atoms with Gasteiger partial charge in [-0.25, -0.2) is 8.42 Å². The zero-order valence-corrected chi connectivity index (χ0v) is 15.5. The summed E-state index contributed by atoms with van der Waals surface area (Å²) in [5.41, 5.74) is 7.02. The fraction of sp³-hybridized carbons (Fsp3) is 0.263. The van der Waals surface area contributed by atoms with Gasteiger partial charge >= 0.3 is 0 Å². The molecule has 2 amide bonds.